The third kappa shape index (κ3) is 1.92. The first-order valence-electron chi connectivity index (χ1n) is 4.06. The number of hydrogen-bond acceptors (Lipinski definition) is 3. The van der Waals surface area contributed by atoms with Crippen molar-refractivity contribution < 1.29 is 0 Å². The summed E-state index contributed by atoms with van der Waals surface area (Å²) in [5.74, 6) is 0.801. The largest absolute Gasteiger partial charge is 0.326 e. The van der Waals surface area contributed by atoms with Crippen molar-refractivity contribution in [2.75, 3.05) is 0 Å². The van der Waals surface area contributed by atoms with Crippen LogP contribution < -0.4 is 5.73 Å². The Kier molecular flexibility index (Phi) is 3.62. The van der Waals surface area contributed by atoms with Crippen LogP contribution in [0.4, 0.5) is 0 Å². The van der Waals surface area contributed by atoms with Gasteiger partial charge in [0, 0.05) is 30.7 Å². The summed E-state index contributed by atoms with van der Waals surface area (Å²) in [6.45, 7) is 0.475. The van der Waals surface area contributed by atoms with Crippen molar-refractivity contribution >= 4 is 12.4 Å². The lowest BCUT2D eigenvalue weighted by Crippen LogP contribution is -2.06. The van der Waals surface area contributed by atoms with Crippen LogP contribution in [0, 0.1) is 0 Å². The van der Waals surface area contributed by atoms with E-state index in [1.165, 1.54) is 0 Å². The summed E-state index contributed by atoms with van der Waals surface area (Å²) in [6, 6.07) is 5.67. The number of nitrogens with two attached hydrogens (primary N) is 1. The molecule has 2 aromatic heterocycles. The van der Waals surface area contributed by atoms with E-state index in [2.05, 4.69) is 10.1 Å². The van der Waals surface area contributed by atoms with Gasteiger partial charge in [-0.1, -0.05) is 6.07 Å². The average molecular weight is 211 g/mol. The van der Waals surface area contributed by atoms with Crippen molar-refractivity contribution in [3.63, 3.8) is 0 Å². The Morgan fingerprint density at radius 1 is 1.29 bits per heavy atom. The quantitative estimate of drug-likeness (QED) is 0.809. The third-order valence-corrected chi connectivity index (χ3v) is 1.81. The van der Waals surface area contributed by atoms with Gasteiger partial charge in [0.05, 0.1) is 0 Å². The van der Waals surface area contributed by atoms with E-state index in [9.17, 15) is 0 Å². The number of pyridine rings is 1. The highest BCUT2D eigenvalue weighted by Crippen LogP contribution is 2.08. The van der Waals surface area contributed by atoms with Crippen molar-refractivity contribution in [1.29, 1.82) is 0 Å². The van der Waals surface area contributed by atoms with Crippen molar-refractivity contribution in [1.82, 2.24) is 14.8 Å². The van der Waals surface area contributed by atoms with E-state index in [0.29, 0.717) is 6.54 Å². The second-order valence-electron chi connectivity index (χ2n) is 2.64. The fraction of sp³-hybridized carbons (Fsp3) is 0.111. The monoisotopic (exact) mass is 210 g/mol. The molecule has 0 unspecified atom stereocenters. The summed E-state index contributed by atoms with van der Waals surface area (Å²) < 4.78 is 1.71. The standard InChI is InChI=1S/C9H10N4.ClH/c10-7-8-3-1-4-11-9(8)13-6-2-5-12-13;/h1-6H,7,10H2;1H. The van der Waals surface area contributed by atoms with Crippen LogP contribution in [0.15, 0.2) is 36.8 Å². The van der Waals surface area contributed by atoms with E-state index in [-0.39, 0.29) is 12.4 Å². The molecular weight excluding hydrogens is 200 g/mol. The van der Waals surface area contributed by atoms with E-state index < -0.39 is 0 Å². The molecule has 0 aliphatic rings. The fourth-order valence-electron chi connectivity index (χ4n) is 1.19. The van der Waals surface area contributed by atoms with Gasteiger partial charge in [-0.25, -0.2) is 9.67 Å². The Balaban J connectivity index is 0.000000980. The summed E-state index contributed by atoms with van der Waals surface area (Å²) in [7, 11) is 0. The Hall–Kier alpha value is -1.39. The average Bonchev–Trinajstić information content (AvgIpc) is 2.70. The van der Waals surface area contributed by atoms with E-state index in [4.69, 9.17) is 5.73 Å². The van der Waals surface area contributed by atoms with Crippen molar-refractivity contribution in [2.24, 2.45) is 5.73 Å². The molecule has 2 heterocycles. The maximum atomic E-state index is 5.58. The lowest BCUT2D eigenvalue weighted by molar-refractivity contribution is 0.824. The van der Waals surface area contributed by atoms with E-state index in [1.54, 1.807) is 17.1 Å². The molecule has 0 saturated heterocycles. The summed E-state index contributed by atoms with van der Waals surface area (Å²) in [4.78, 5) is 4.21. The zero-order valence-electron chi connectivity index (χ0n) is 7.50. The second-order valence-corrected chi connectivity index (χ2v) is 2.64. The molecule has 0 aliphatic heterocycles. The molecule has 0 aromatic carbocycles. The molecule has 2 rings (SSSR count). The van der Waals surface area contributed by atoms with E-state index >= 15 is 0 Å². The molecule has 0 atom stereocenters. The molecule has 0 aliphatic carbocycles. The van der Waals surface area contributed by atoms with Gasteiger partial charge in [-0.15, -0.1) is 12.4 Å². The summed E-state index contributed by atoms with van der Waals surface area (Å²) in [5, 5.41) is 4.09. The molecule has 0 amide bonds. The molecule has 0 saturated carbocycles. The van der Waals surface area contributed by atoms with Crippen LogP contribution in [0.25, 0.3) is 5.82 Å². The number of aromatic nitrogens is 3. The zero-order valence-corrected chi connectivity index (χ0v) is 8.31. The number of hydrogen-bond donors (Lipinski definition) is 1. The summed E-state index contributed by atoms with van der Waals surface area (Å²) >= 11 is 0. The van der Waals surface area contributed by atoms with Crippen molar-refractivity contribution in [2.45, 2.75) is 6.54 Å². The maximum Gasteiger partial charge on any atom is 0.157 e. The van der Waals surface area contributed by atoms with Crippen LogP contribution in [0.3, 0.4) is 0 Å². The van der Waals surface area contributed by atoms with Crippen LogP contribution in [-0.4, -0.2) is 14.8 Å². The molecule has 0 fully saturated rings. The lowest BCUT2D eigenvalue weighted by Gasteiger charge is -2.04. The van der Waals surface area contributed by atoms with Gasteiger partial charge < -0.3 is 5.73 Å². The second kappa shape index (κ2) is 4.74. The number of nitrogens with zero attached hydrogens (tertiary/aromatic N) is 3. The molecule has 0 spiro atoms. The Bertz CT molecular complexity index is 385. The predicted molar refractivity (Wildman–Crippen MR) is 56.5 cm³/mol. The molecule has 5 heteroatoms. The minimum atomic E-state index is 0. The molecule has 4 nitrogen and oxygen atoms in total. The van der Waals surface area contributed by atoms with Crippen LogP contribution in [0.1, 0.15) is 5.56 Å². The molecule has 2 aromatic rings. The normalized spacial score (nSPS) is 9.50. The number of halogens is 1. The highest BCUT2D eigenvalue weighted by atomic mass is 35.5. The lowest BCUT2D eigenvalue weighted by atomic mass is 10.2. The minimum Gasteiger partial charge on any atom is -0.326 e. The molecule has 14 heavy (non-hydrogen) atoms. The first kappa shape index (κ1) is 10.7. The SMILES string of the molecule is Cl.NCc1cccnc1-n1cccn1. The van der Waals surface area contributed by atoms with Gasteiger partial charge in [0.15, 0.2) is 5.82 Å². The van der Waals surface area contributed by atoms with Crippen LogP contribution in [0.5, 0.6) is 0 Å². The van der Waals surface area contributed by atoms with Gasteiger partial charge >= 0.3 is 0 Å². The van der Waals surface area contributed by atoms with Crippen LogP contribution in [-0.2, 0) is 6.54 Å². The Morgan fingerprint density at radius 3 is 2.79 bits per heavy atom. The van der Waals surface area contributed by atoms with E-state index in [1.807, 2.05) is 24.4 Å². The highest BCUT2D eigenvalue weighted by molar-refractivity contribution is 5.85. The molecular formula is C9H11ClN4. The zero-order chi connectivity index (χ0) is 9.10. The molecule has 2 N–H and O–H groups in total. The fourth-order valence-corrected chi connectivity index (χ4v) is 1.19. The van der Waals surface area contributed by atoms with Gasteiger partial charge in [-0.05, 0) is 12.1 Å². The first-order chi connectivity index (χ1) is 6.42. The van der Waals surface area contributed by atoms with Gasteiger partial charge in [0.2, 0.25) is 0 Å². The minimum absolute atomic E-state index is 0. The van der Waals surface area contributed by atoms with Gasteiger partial charge in [-0.2, -0.15) is 5.10 Å². The van der Waals surface area contributed by atoms with E-state index in [0.717, 1.165) is 11.4 Å². The predicted octanol–water partition coefficient (Wildman–Crippen LogP) is 1.15. The Labute approximate surface area is 88.2 Å². The third-order valence-electron chi connectivity index (χ3n) is 1.81. The smallest absolute Gasteiger partial charge is 0.157 e. The Morgan fingerprint density at radius 2 is 2.14 bits per heavy atom. The van der Waals surface area contributed by atoms with Crippen LogP contribution >= 0.6 is 12.4 Å². The van der Waals surface area contributed by atoms with Gasteiger partial charge in [0.25, 0.3) is 0 Å². The summed E-state index contributed by atoms with van der Waals surface area (Å²) in [6.07, 6.45) is 5.30. The van der Waals surface area contributed by atoms with Gasteiger partial charge in [-0.3, -0.25) is 0 Å². The molecule has 0 bridgehead atoms. The van der Waals surface area contributed by atoms with Crippen LogP contribution in [0.2, 0.25) is 0 Å². The first-order valence-corrected chi connectivity index (χ1v) is 4.06. The number of rotatable bonds is 2. The maximum absolute atomic E-state index is 5.58. The van der Waals surface area contributed by atoms with Crippen molar-refractivity contribution in [3.8, 4) is 5.82 Å². The van der Waals surface area contributed by atoms with Crippen molar-refractivity contribution in [3.05, 3.63) is 42.4 Å². The van der Waals surface area contributed by atoms with Gasteiger partial charge in [0.1, 0.15) is 0 Å². The highest BCUT2D eigenvalue weighted by Gasteiger charge is 2.02. The topological polar surface area (TPSA) is 56.7 Å². The molecule has 74 valence electrons. The molecule has 0 radical (unpaired) electrons. The summed E-state index contributed by atoms with van der Waals surface area (Å²) in [5.41, 5.74) is 6.57.